The third-order valence-electron chi connectivity index (χ3n) is 6.65. The topological polar surface area (TPSA) is 120 Å². The molecule has 7 nitrogen and oxygen atoms in total. The Morgan fingerprint density at radius 3 is 2.27 bits per heavy atom. The number of hydrogen-bond acceptors (Lipinski definition) is 7. The first-order valence-corrected chi connectivity index (χ1v) is 11.8. The normalized spacial score (nSPS) is 30.9. The number of aliphatic hydroxyl groups is 5. The van der Waals surface area contributed by atoms with Crippen LogP contribution in [0.3, 0.4) is 0 Å². The molecule has 1 heterocycles. The molecule has 6 atom stereocenters. The summed E-state index contributed by atoms with van der Waals surface area (Å²) in [5.74, 6) is 0.520. The number of ether oxygens (including phenoxy) is 2. The predicted molar refractivity (Wildman–Crippen MR) is 122 cm³/mol. The molecule has 0 amide bonds. The predicted octanol–water partition coefficient (Wildman–Crippen LogP) is 1.48. The Labute approximate surface area is 194 Å². The standard InChI is InChI=1S/C26H34O7/c27-15-22-23(29)24(30)25(31)26(33-22)32-21-12-10-17-3-1-2-4-20(28)11-9-16-5-7-18(8-6-16)14-19(21)13-17/h5-8,10,12-13,20,22-31H,1-4,9,11,14-15H2/t20-,22-,23-,24+,25-,26-/m1/s1. The van der Waals surface area contributed by atoms with Gasteiger partial charge in [-0.05, 0) is 60.4 Å². The molecule has 2 aromatic rings. The Balaban J connectivity index is 1.59. The van der Waals surface area contributed by atoms with Gasteiger partial charge in [0, 0.05) is 6.42 Å². The van der Waals surface area contributed by atoms with Gasteiger partial charge in [-0.3, -0.25) is 0 Å². The highest BCUT2D eigenvalue weighted by atomic mass is 16.7. The SMILES string of the molecule is OC[C@H]1O[C@@H](Oc2ccc3cc2Cc2ccc(cc2)CC[C@H](O)CCCC3)[C@H](O)[C@@H](O)[C@@H]1O. The van der Waals surface area contributed by atoms with E-state index in [2.05, 4.69) is 30.3 Å². The summed E-state index contributed by atoms with van der Waals surface area (Å²) in [6, 6.07) is 14.2. The van der Waals surface area contributed by atoms with Crippen molar-refractivity contribution in [1.82, 2.24) is 0 Å². The highest BCUT2D eigenvalue weighted by Crippen LogP contribution is 2.29. The second-order valence-electron chi connectivity index (χ2n) is 9.19. The molecule has 5 rings (SSSR count). The van der Waals surface area contributed by atoms with Crippen molar-refractivity contribution in [2.75, 3.05) is 6.61 Å². The van der Waals surface area contributed by atoms with Crippen molar-refractivity contribution in [1.29, 1.82) is 0 Å². The minimum atomic E-state index is -1.49. The van der Waals surface area contributed by atoms with Gasteiger partial charge >= 0.3 is 0 Å². The van der Waals surface area contributed by atoms with Crippen molar-refractivity contribution in [3.8, 4) is 5.75 Å². The fraction of sp³-hybridized carbons (Fsp3) is 0.538. The summed E-state index contributed by atoms with van der Waals surface area (Å²) < 4.78 is 11.5. The maximum absolute atomic E-state index is 10.4. The van der Waals surface area contributed by atoms with Gasteiger partial charge in [0.05, 0.1) is 12.7 Å². The van der Waals surface area contributed by atoms with E-state index in [1.807, 2.05) is 12.1 Å². The number of hydrogen-bond donors (Lipinski definition) is 5. The van der Waals surface area contributed by atoms with E-state index < -0.39 is 37.3 Å². The molecular formula is C26H34O7. The van der Waals surface area contributed by atoms with Crippen LogP contribution < -0.4 is 4.74 Å². The summed E-state index contributed by atoms with van der Waals surface area (Å²) in [5, 5.41) is 50.2. The van der Waals surface area contributed by atoms with E-state index in [9.17, 15) is 25.5 Å². The van der Waals surface area contributed by atoms with Gasteiger partial charge < -0.3 is 35.0 Å². The van der Waals surface area contributed by atoms with Crippen molar-refractivity contribution >= 4 is 0 Å². The molecule has 1 aliphatic heterocycles. The average Bonchev–Trinajstić information content (AvgIpc) is 2.83. The number of rotatable bonds is 3. The van der Waals surface area contributed by atoms with E-state index in [1.54, 1.807) is 0 Å². The highest BCUT2D eigenvalue weighted by molar-refractivity contribution is 5.41. The lowest BCUT2D eigenvalue weighted by Gasteiger charge is -2.39. The summed E-state index contributed by atoms with van der Waals surface area (Å²) in [6.45, 7) is -0.502. The van der Waals surface area contributed by atoms with Crippen LogP contribution in [0.1, 0.15) is 47.9 Å². The molecule has 1 saturated heterocycles. The molecule has 1 fully saturated rings. The van der Waals surface area contributed by atoms with Gasteiger partial charge in [-0.2, -0.15) is 0 Å². The lowest BCUT2D eigenvalue weighted by molar-refractivity contribution is -0.277. The maximum atomic E-state index is 10.4. The molecule has 0 aromatic heterocycles. The number of fused-ring (bicyclic) bond motifs is 8. The third kappa shape index (κ3) is 5.93. The molecule has 33 heavy (non-hydrogen) atoms. The Bertz CT molecular complexity index is 898. The quantitative estimate of drug-likeness (QED) is 0.473. The van der Waals surface area contributed by atoms with E-state index in [0.717, 1.165) is 55.2 Å². The molecule has 5 N–H and O–H groups in total. The summed E-state index contributed by atoms with van der Waals surface area (Å²) in [6.07, 6.45) is -1.03. The summed E-state index contributed by atoms with van der Waals surface area (Å²) in [4.78, 5) is 0. The number of benzene rings is 2. The Kier molecular flexibility index (Phi) is 8.01. The molecule has 2 aliphatic carbocycles. The largest absolute Gasteiger partial charge is 0.462 e. The first-order chi connectivity index (χ1) is 15.9. The monoisotopic (exact) mass is 458 g/mol. The second-order valence-corrected chi connectivity index (χ2v) is 9.19. The van der Waals surface area contributed by atoms with Crippen LogP contribution in [0.15, 0.2) is 42.5 Å². The fourth-order valence-corrected chi connectivity index (χ4v) is 4.56. The van der Waals surface area contributed by atoms with E-state index >= 15 is 0 Å². The van der Waals surface area contributed by atoms with E-state index in [1.165, 1.54) is 5.56 Å². The van der Waals surface area contributed by atoms with Crippen LogP contribution in [0, 0.1) is 0 Å². The van der Waals surface area contributed by atoms with Crippen LogP contribution in [0.4, 0.5) is 0 Å². The highest BCUT2D eigenvalue weighted by Gasteiger charge is 2.44. The van der Waals surface area contributed by atoms with Crippen LogP contribution in [0.2, 0.25) is 0 Å². The van der Waals surface area contributed by atoms with Gasteiger partial charge in [-0.1, -0.05) is 42.8 Å². The van der Waals surface area contributed by atoms with Gasteiger partial charge in [0.15, 0.2) is 0 Å². The summed E-state index contributed by atoms with van der Waals surface area (Å²) in [5.41, 5.74) is 4.38. The van der Waals surface area contributed by atoms with Crippen molar-refractivity contribution in [2.24, 2.45) is 0 Å². The minimum absolute atomic E-state index is 0.278. The molecule has 0 unspecified atom stereocenters. The van der Waals surface area contributed by atoms with Gasteiger partial charge in [0.1, 0.15) is 30.2 Å². The Hall–Kier alpha value is -2.00. The van der Waals surface area contributed by atoms with Crippen molar-refractivity contribution in [3.63, 3.8) is 0 Å². The van der Waals surface area contributed by atoms with Crippen LogP contribution in [-0.4, -0.2) is 68.9 Å². The van der Waals surface area contributed by atoms with Crippen molar-refractivity contribution < 1.29 is 35.0 Å². The molecule has 2 aromatic carbocycles. The van der Waals surface area contributed by atoms with Gasteiger partial charge in [-0.15, -0.1) is 0 Å². The average molecular weight is 459 g/mol. The third-order valence-corrected chi connectivity index (χ3v) is 6.65. The van der Waals surface area contributed by atoms with Crippen molar-refractivity contribution in [2.45, 2.75) is 81.8 Å². The van der Waals surface area contributed by atoms with Gasteiger partial charge in [0.25, 0.3) is 0 Å². The zero-order valence-corrected chi connectivity index (χ0v) is 18.7. The zero-order valence-electron chi connectivity index (χ0n) is 18.7. The minimum Gasteiger partial charge on any atom is -0.462 e. The van der Waals surface area contributed by atoms with Crippen LogP contribution >= 0.6 is 0 Å². The first kappa shape index (κ1) is 24.1. The van der Waals surface area contributed by atoms with E-state index in [4.69, 9.17) is 9.47 Å². The number of aliphatic hydroxyl groups excluding tert-OH is 5. The molecule has 0 saturated carbocycles. The Morgan fingerprint density at radius 1 is 0.788 bits per heavy atom. The molecule has 7 heteroatoms. The Morgan fingerprint density at radius 2 is 1.52 bits per heavy atom. The lowest BCUT2D eigenvalue weighted by atomic mass is 9.98. The smallest absolute Gasteiger partial charge is 0.229 e. The molecule has 4 bridgehead atoms. The maximum Gasteiger partial charge on any atom is 0.229 e. The summed E-state index contributed by atoms with van der Waals surface area (Å²) >= 11 is 0. The molecule has 3 aliphatic rings. The second kappa shape index (κ2) is 11.0. The van der Waals surface area contributed by atoms with E-state index in [-0.39, 0.29) is 6.10 Å². The lowest BCUT2D eigenvalue weighted by Crippen LogP contribution is -2.60. The molecule has 180 valence electrons. The summed E-state index contributed by atoms with van der Waals surface area (Å²) in [7, 11) is 0. The van der Waals surface area contributed by atoms with Gasteiger partial charge in [0.2, 0.25) is 6.29 Å². The molecule has 0 spiro atoms. The molecule has 0 radical (unpaired) electrons. The molecular weight excluding hydrogens is 424 g/mol. The zero-order chi connectivity index (χ0) is 23.4. The van der Waals surface area contributed by atoms with Crippen LogP contribution in [0.5, 0.6) is 5.75 Å². The first-order valence-electron chi connectivity index (χ1n) is 11.8. The number of aryl methyl sites for hydroxylation is 2. The fourth-order valence-electron chi connectivity index (χ4n) is 4.56. The van der Waals surface area contributed by atoms with Crippen LogP contribution in [0.25, 0.3) is 0 Å². The van der Waals surface area contributed by atoms with E-state index in [0.29, 0.717) is 12.2 Å². The van der Waals surface area contributed by atoms with Crippen LogP contribution in [-0.2, 0) is 24.0 Å². The van der Waals surface area contributed by atoms with Gasteiger partial charge in [-0.25, -0.2) is 0 Å². The van der Waals surface area contributed by atoms with Crippen molar-refractivity contribution in [3.05, 3.63) is 64.7 Å².